The van der Waals surface area contributed by atoms with Gasteiger partial charge in [0.1, 0.15) is 11.9 Å². The van der Waals surface area contributed by atoms with Gasteiger partial charge in [-0.15, -0.1) is 6.58 Å². The molecule has 0 spiro atoms. The topological polar surface area (TPSA) is 59.0 Å². The molecule has 5 heteroatoms. The number of morpholine rings is 1. The van der Waals surface area contributed by atoms with Crippen LogP contribution in [0, 0.1) is 0 Å². The van der Waals surface area contributed by atoms with Crippen LogP contribution in [0.1, 0.15) is 40.4 Å². The number of hydrogen-bond acceptors (Lipinski definition) is 5. The fourth-order valence-corrected chi connectivity index (χ4v) is 3.58. The summed E-state index contributed by atoms with van der Waals surface area (Å²) in [5.74, 6) is 0.454. The fourth-order valence-electron chi connectivity index (χ4n) is 3.58. The van der Waals surface area contributed by atoms with Gasteiger partial charge in [0.2, 0.25) is 0 Å². The number of hydrogen-bond donors (Lipinski definition) is 1. The van der Waals surface area contributed by atoms with Crippen molar-refractivity contribution in [2.45, 2.75) is 25.4 Å². The highest BCUT2D eigenvalue weighted by Crippen LogP contribution is 2.25. The SMILES string of the molecule is C=CCc1cc(C(=O)C(O)c2ccccc2)ccc1OCCCCN1CCOCC1. The van der Waals surface area contributed by atoms with Gasteiger partial charge in [-0.2, -0.15) is 0 Å². The first kappa shape index (κ1) is 22.2. The summed E-state index contributed by atoms with van der Waals surface area (Å²) in [4.78, 5) is 15.2. The maximum absolute atomic E-state index is 12.7. The van der Waals surface area contributed by atoms with E-state index in [1.165, 1.54) is 0 Å². The van der Waals surface area contributed by atoms with Crippen LogP contribution in [0.5, 0.6) is 5.75 Å². The van der Waals surface area contributed by atoms with E-state index in [4.69, 9.17) is 9.47 Å². The van der Waals surface area contributed by atoms with Crippen molar-refractivity contribution in [2.75, 3.05) is 39.5 Å². The molecule has 0 bridgehead atoms. The van der Waals surface area contributed by atoms with Crippen LogP contribution in [0.2, 0.25) is 0 Å². The molecule has 1 atom stereocenters. The summed E-state index contributed by atoms with van der Waals surface area (Å²) in [6.45, 7) is 9.18. The summed E-state index contributed by atoms with van der Waals surface area (Å²) in [7, 11) is 0. The number of rotatable bonds is 11. The molecular formula is C25H31NO4. The Balaban J connectivity index is 1.56. The van der Waals surface area contributed by atoms with Gasteiger partial charge in [-0.3, -0.25) is 9.69 Å². The van der Waals surface area contributed by atoms with Crippen LogP contribution >= 0.6 is 0 Å². The zero-order valence-electron chi connectivity index (χ0n) is 17.5. The Kier molecular flexibility index (Phi) is 8.63. The summed E-state index contributed by atoms with van der Waals surface area (Å²) in [6, 6.07) is 14.3. The fraction of sp³-hybridized carbons (Fsp3) is 0.400. The van der Waals surface area contributed by atoms with Gasteiger partial charge in [-0.25, -0.2) is 0 Å². The van der Waals surface area contributed by atoms with Crippen LogP contribution in [-0.4, -0.2) is 55.2 Å². The molecule has 2 aromatic rings. The molecule has 1 fully saturated rings. The minimum Gasteiger partial charge on any atom is -0.493 e. The van der Waals surface area contributed by atoms with Crippen molar-refractivity contribution < 1.29 is 19.4 Å². The van der Waals surface area contributed by atoms with E-state index in [0.29, 0.717) is 24.2 Å². The Labute approximate surface area is 178 Å². The van der Waals surface area contributed by atoms with Gasteiger partial charge >= 0.3 is 0 Å². The van der Waals surface area contributed by atoms with E-state index in [-0.39, 0.29) is 5.78 Å². The lowest BCUT2D eigenvalue weighted by Crippen LogP contribution is -2.36. The largest absolute Gasteiger partial charge is 0.493 e. The number of benzene rings is 2. The van der Waals surface area contributed by atoms with E-state index in [0.717, 1.165) is 57.0 Å². The molecule has 0 amide bonds. The Morgan fingerprint density at radius 3 is 2.67 bits per heavy atom. The number of unbranched alkanes of at least 4 members (excludes halogenated alkanes) is 1. The zero-order valence-corrected chi connectivity index (χ0v) is 17.5. The second-order valence-corrected chi connectivity index (χ2v) is 7.50. The number of Topliss-reactive ketones (excluding diaryl/α,β-unsaturated/α-hetero) is 1. The van der Waals surface area contributed by atoms with Crippen LogP contribution in [0.15, 0.2) is 61.2 Å². The molecule has 30 heavy (non-hydrogen) atoms. The smallest absolute Gasteiger partial charge is 0.195 e. The molecule has 5 nitrogen and oxygen atoms in total. The molecule has 3 rings (SSSR count). The molecule has 1 heterocycles. The average molecular weight is 410 g/mol. The molecule has 0 aromatic heterocycles. The average Bonchev–Trinajstić information content (AvgIpc) is 2.80. The molecule has 0 saturated carbocycles. The van der Waals surface area contributed by atoms with Gasteiger partial charge in [0.05, 0.1) is 19.8 Å². The first-order chi connectivity index (χ1) is 14.7. The lowest BCUT2D eigenvalue weighted by atomic mass is 9.97. The zero-order chi connectivity index (χ0) is 21.2. The van der Waals surface area contributed by atoms with Crippen molar-refractivity contribution in [1.82, 2.24) is 4.90 Å². The van der Waals surface area contributed by atoms with E-state index in [9.17, 15) is 9.90 Å². The van der Waals surface area contributed by atoms with E-state index in [2.05, 4.69) is 11.5 Å². The van der Waals surface area contributed by atoms with E-state index >= 15 is 0 Å². The minimum absolute atomic E-state index is 0.316. The Hall–Kier alpha value is -2.47. The molecule has 0 radical (unpaired) electrons. The molecule has 0 aliphatic carbocycles. The molecule has 160 valence electrons. The standard InChI is InChI=1S/C25H31NO4/c1-2-8-21-19-22(25(28)24(27)20-9-4-3-5-10-20)11-12-23(21)30-16-7-6-13-26-14-17-29-18-15-26/h2-5,9-12,19,24,27H,1,6-8,13-18H2. The first-order valence-electron chi connectivity index (χ1n) is 10.6. The van der Waals surface area contributed by atoms with Crippen molar-refractivity contribution in [2.24, 2.45) is 0 Å². The predicted molar refractivity (Wildman–Crippen MR) is 118 cm³/mol. The summed E-state index contributed by atoms with van der Waals surface area (Å²) in [5, 5.41) is 10.4. The summed E-state index contributed by atoms with van der Waals surface area (Å²) >= 11 is 0. The van der Waals surface area contributed by atoms with E-state index < -0.39 is 6.10 Å². The molecule has 1 N–H and O–H groups in total. The van der Waals surface area contributed by atoms with Gasteiger partial charge in [0, 0.05) is 18.7 Å². The number of aliphatic hydroxyl groups excluding tert-OH is 1. The van der Waals surface area contributed by atoms with E-state index in [1.54, 1.807) is 30.3 Å². The second-order valence-electron chi connectivity index (χ2n) is 7.50. The van der Waals surface area contributed by atoms with Gasteiger partial charge in [0.25, 0.3) is 0 Å². The molecular weight excluding hydrogens is 378 g/mol. The Morgan fingerprint density at radius 1 is 1.17 bits per heavy atom. The maximum Gasteiger partial charge on any atom is 0.195 e. The van der Waals surface area contributed by atoms with Crippen molar-refractivity contribution in [3.63, 3.8) is 0 Å². The highest BCUT2D eigenvalue weighted by Gasteiger charge is 2.20. The van der Waals surface area contributed by atoms with Gasteiger partial charge in [-0.1, -0.05) is 36.4 Å². The normalized spacial score (nSPS) is 15.5. The lowest BCUT2D eigenvalue weighted by molar-refractivity contribution is 0.0368. The number of carbonyl (C=O) groups excluding carboxylic acids is 1. The van der Waals surface area contributed by atoms with Gasteiger partial charge in [-0.05, 0) is 55.1 Å². The Morgan fingerprint density at radius 2 is 1.93 bits per heavy atom. The second kappa shape index (κ2) is 11.6. The van der Waals surface area contributed by atoms with Crippen LogP contribution in [0.25, 0.3) is 0 Å². The van der Waals surface area contributed by atoms with Crippen LogP contribution in [-0.2, 0) is 11.2 Å². The number of allylic oxidation sites excluding steroid dienone is 1. The van der Waals surface area contributed by atoms with Gasteiger partial charge < -0.3 is 14.6 Å². The number of nitrogens with zero attached hydrogens (tertiary/aromatic N) is 1. The molecule has 1 saturated heterocycles. The number of ether oxygens (including phenoxy) is 2. The van der Waals surface area contributed by atoms with Crippen molar-refractivity contribution in [1.29, 1.82) is 0 Å². The third-order valence-electron chi connectivity index (χ3n) is 5.30. The summed E-state index contributed by atoms with van der Waals surface area (Å²) in [5.41, 5.74) is 1.97. The quantitative estimate of drug-likeness (QED) is 0.347. The Bertz CT molecular complexity index is 815. The summed E-state index contributed by atoms with van der Waals surface area (Å²) in [6.07, 6.45) is 3.28. The number of ketones is 1. The third-order valence-corrected chi connectivity index (χ3v) is 5.30. The third kappa shape index (κ3) is 6.26. The highest BCUT2D eigenvalue weighted by molar-refractivity contribution is 6.00. The van der Waals surface area contributed by atoms with Crippen LogP contribution < -0.4 is 4.74 Å². The van der Waals surface area contributed by atoms with Crippen molar-refractivity contribution in [3.8, 4) is 5.75 Å². The van der Waals surface area contributed by atoms with Crippen molar-refractivity contribution >= 4 is 5.78 Å². The molecule has 1 aliphatic rings. The molecule has 1 aliphatic heterocycles. The highest BCUT2D eigenvalue weighted by atomic mass is 16.5. The maximum atomic E-state index is 12.7. The lowest BCUT2D eigenvalue weighted by Gasteiger charge is -2.26. The predicted octanol–water partition coefficient (Wildman–Crippen LogP) is 3.82. The first-order valence-corrected chi connectivity index (χ1v) is 10.6. The summed E-state index contributed by atoms with van der Waals surface area (Å²) < 4.78 is 11.4. The number of aliphatic hydroxyl groups is 1. The minimum atomic E-state index is -1.17. The van der Waals surface area contributed by atoms with Crippen molar-refractivity contribution in [3.05, 3.63) is 77.9 Å². The monoisotopic (exact) mass is 409 g/mol. The van der Waals surface area contributed by atoms with E-state index in [1.807, 2.05) is 24.3 Å². The molecule has 1 unspecified atom stereocenters. The van der Waals surface area contributed by atoms with Crippen LogP contribution in [0.3, 0.4) is 0 Å². The van der Waals surface area contributed by atoms with Gasteiger partial charge in [0.15, 0.2) is 5.78 Å². The van der Waals surface area contributed by atoms with Crippen LogP contribution in [0.4, 0.5) is 0 Å². The molecule has 2 aromatic carbocycles. The number of carbonyl (C=O) groups is 1.